The van der Waals surface area contributed by atoms with E-state index in [0.29, 0.717) is 41.6 Å². The Morgan fingerprint density at radius 2 is 1.32 bits per heavy atom. The number of aliphatic hydroxyl groups excluding tert-OH is 4. The van der Waals surface area contributed by atoms with Gasteiger partial charge in [-0.2, -0.15) is 0 Å². The monoisotopic (exact) mass is 894 g/mol. The Hall–Kier alpha value is -5.59. The van der Waals surface area contributed by atoms with Crippen LogP contribution in [0.2, 0.25) is 0 Å². The standard InChI is InChI=1S/C39H50N4O18S/c1-51-27-9-7-24(5-6-25-20-31(52-2)37(54-4)32(21-25)53-3)19-29(27)60-62(49,50)61-30-22-26(8-10-28(30)58-39-36(47)35(46)34(45)33(23-44)59-39)38(48)41-11-13-55-15-17-57-18-16-56-14-12-42-43-40/h5-10,19-22,33-36,39,44-47H,11-18,23H2,1-4H3,(H,41,48)/b6-5-/t33-,34+,35+,36-,39-/m1/s1. The molecule has 0 aromatic heterocycles. The minimum Gasteiger partial charge on any atom is -0.493 e. The van der Waals surface area contributed by atoms with Crippen molar-refractivity contribution in [3.8, 4) is 40.2 Å². The van der Waals surface area contributed by atoms with Crippen LogP contribution in [0.1, 0.15) is 21.5 Å². The summed E-state index contributed by atoms with van der Waals surface area (Å²) < 4.78 is 86.6. The van der Waals surface area contributed by atoms with Gasteiger partial charge < -0.3 is 76.7 Å². The quantitative estimate of drug-likeness (QED) is 0.0253. The molecule has 340 valence electrons. The zero-order valence-corrected chi connectivity index (χ0v) is 35.1. The third kappa shape index (κ3) is 14.2. The van der Waals surface area contributed by atoms with Crippen molar-refractivity contribution in [2.45, 2.75) is 30.7 Å². The fourth-order valence-electron chi connectivity index (χ4n) is 5.62. The number of hydrogen-bond donors (Lipinski definition) is 5. The van der Waals surface area contributed by atoms with Gasteiger partial charge in [0.1, 0.15) is 24.4 Å². The summed E-state index contributed by atoms with van der Waals surface area (Å²) in [6.45, 7) is 0.950. The summed E-state index contributed by atoms with van der Waals surface area (Å²) in [4.78, 5) is 15.8. The molecule has 3 aromatic carbocycles. The molecular weight excluding hydrogens is 845 g/mol. The fraction of sp³-hybridized carbons (Fsp3) is 0.462. The smallest absolute Gasteiger partial charge is 0.493 e. The van der Waals surface area contributed by atoms with Gasteiger partial charge in [0.25, 0.3) is 5.91 Å². The van der Waals surface area contributed by atoms with E-state index in [1.165, 1.54) is 46.6 Å². The molecule has 5 N–H and O–H groups in total. The molecular formula is C39H50N4O18S. The minimum absolute atomic E-state index is 0.00900. The largest absolute Gasteiger partial charge is 0.501 e. The van der Waals surface area contributed by atoms with Gasteiger partial charge in [-0.15, -0.1) is 8.42 Å². The van der Waals surface area contributed by atoms with Crippen LogP contribution in [-0.2, 0) is 29.3 Å². The minimum atomic E-state index is -5.08. The molecule has 0 unspecified atom stereocenters. The van der Waals surface area contributed by atoms with Crippen molar-refractivity contribution in [3.63, 3.8) is 0 Å². The number of methoxy groups -OCH3 is 4. The lowest BCUT2D eigenvalue weighted by atomic mass is 9.99. The molecule has 1 saturated heterocycles. The SMILES string of the molecule is COc1ccc(/C=C\c2cc(OC)c(OC)c(OC)c2)cc1OS(=O)(=O)Oc1cc(C(=O)NCCOCCOCCOCCN=[N+]=[N-])ccc1O[C@@H]1O[C@H](CO)[C@H](O)[C@H](O)[C@H]1O. The van der Waals surface area contributed by atoms with E-state index in [0.717, 1.165) is 12.1 Å². The third-order valence-corrected chi connectivity index (χ3v) is 9.47. The highest BCUT2D eigenvalue weighted by atomic mass is 32.3. The highest BCUT2D eigenvalue weighted by molar-refractivity contribution is 7.82. The topological polar surface area (TPSA) is 294 Å². The summed E-state index contributed by atoms with van der Waals surface area (Å²) in [7, 11) is 0.655. The second-order valence-corrected chi connectivity index (χ2v) is 14.0. The first-order valence-electron chi connectivity index (χ1n) is 18.8. The van der Waals surface area contributed by atoms with Crippen molar-refractivity contribution in [2.24, 2.45) is 5.11 Å². The average molecular weight is 895 g/mol. The Morgan fingerprint density at radius 1 is 0.742 bits per heavy atom. The van der Waals surface area contributed by atoms with Crippen LogP contribution < -0.4 is 37.4 Å². The van der Waals surface area contributed by atoms with Gasteiger partial charge in [0.15, 0.2) is 34.5 Å². The van der Waals surface area contributed by atoms with Crippen LogP contribution in [0.3, 0.4) is 0 Å². The van der Waals surface area contributed by atoms with E-state index in [4.69, 9.17) is 56.5 Å². The summed E-state index contributed by atoms with van der Waals surface area (Å²) in [5.41, 5.74) is 9.27. The van der Waals surface area contributed by atoms with Crippen molar-refractivity contribution in [2.75, 3.05) is 87.8 Å². The number of aliphatic hydroxyl groups is 4. The van der Waals surface area contributed by atoms with Crippen LogP contribution in [0.5, 0.6) is 40.2 Å². The predicted molar refractivity (Wildman–Crippen MR) is 218 cm³/mol. The maximum Gasteiger partial charge on any atom is 0.501 e. The number of nitrogens with zero attached hydrogens (tertiary/aromatic N) is 3. The van der Waals surface area contributed by atoms with E-state index in [9.17, 15) is 33.6 Å². The van der Waals surface area contributed by atoms with Gasteiger partial charge in [-0.1, -0.05) is 23.3 Å². The molecule has 62 heavy (non-hydrogen) atoms. The van der Waals surface area contributed by atoms with Crippen molar-refractivity contribution >= 4 is 28.5 Å². The van der Waals surface area contributed by atoms with Gasteiger partial charge in [-0.25, -0.2) is 0 Å². The molecule has 1 fully saturated rings. The molecule has 1 aliphatic rings. The Kier molecular flexibility index (Phi) is 19.6. The number of hydrogen-bond acceptors (Lipinski definition) is 19. The molecule has 5 atom stereocenters. The molecule has 0 radical (unpaired) electrons. The summed E-state index contributed by atoms with van der Waals surface area (Å²) in [5, 5.41) is 46.8. The number of rotatable bonds is 26. The molecule has 4 rings (SSSR count). The van der Waals surface area contributed by atoms with Crippen LogP contribution in [0, 0.1) is 0 Å². The molecule has 3 aromatic rings. The second kappa shape index (κ2) is 24.8. The summed E-state index contributed by atoms with van der Waals surface area (Å²) in [6.07, 6.45) is -5.13. The van der Waals surface area contributed by atoms with E-state index < -0.39 is 65.1 Å². The molecule has 0 aliphatic carbocycles. The Labute approximate surface area is 357 Å². The summed E-state index contributed by atoms with van der Waals surface area (Å²) >= 11 is 0. The normalized spacial score (nSPS) is 18.7. The molecule has 0 spiro atoms. The van der Waals surface area contributed by atoms with E-state index in [1.807, 2.05) is 0 Å². The second-order valence-electron chi connectivity index (χ2n) is 12.8. The van der Waals surface area contributed by atoms with E-state index >= 15 is 0 Å². The number of carbonyl (C=O) groups excluding carboxylic acids is 1. The third-order valence-electron chi connectivity index (χ3n) is 8.70. The number of carbonyl (C=O) groups is 1. The number of nitrogens with one attached hydrogen (secondary N) is 1. The van der Waals surface area contributed by atoms with Gasteiger partial charge in [-0.3, -0.25) is 4.79 Å². The van der Waals surface area contributed by atoms with Gasteiger partial charge in [0.05, 0.1) is 74.7 Å². The van der Waals surface area contributed by atoms with E-state index in [1.54, 1.807) is 30.4 Å². The zero-order valence-electron chi connectivity index (χ0n) is 34.3. The van der Waals surface area contributed by atoms with Crippen molar-refractivity contribution in [1.82, 2.24) is 5.32 Å². The number of ether oxygens (including phenoxy) is 9. The summed E-state index contributed by atoms with van der Waals surface area (Å²) in [6, 6.07) is 11.3. The van der Waals surface area contributed by atoms with Crippen molar-refractivity contribution in [1.29, 1.82) is 0 Å². The Bertz CT molecular complexity index is 2070. The lowest BCUT2D eigenvalue weighted by molar-refractivity contribution is -0.277. The van der Waals surface area contributed by atoms with Crippen molar-refractivity contribution < 1.29 is 84.6 Å². The Morgan fingerprint density at radius 3 is 1.94 bits per heavy atom. The zero-order chi connectivity index (χ0) is 45.1. The maximum absolute atomic E-state index is 13.6. The highest BCUT2D eigenvalue weighted by Crippen LogP contribution is 2.39. The summed E-state index contributed by atoms with van der Waals surface area (Å²) in [5.74, 6) is -0.735. The molecule has 0 saturated carbocycles. The van der Waals surface area contributed by atoms with Crippen molar-refractivity contribution in [3.05, 3.63) is 75.7 Å². The number of azide groups is 1. The number of benzene rings is 3. The molecule has 22 nitrogen and oxygen atoms in total. The Balaban J connectivity index is 1.49. The van der Waals surface area contributed by atoms with E-state index in [2.05, 4.69) is 15.3 Å². The number of amides is 1. The van der Waals surface area contributed by atoms with Crippen LogP contribution >= 0.6 is 0 Å². The van der Waals surface area contributed by atoms with Crippen LogP contribution in [0.4, 0.5) is 0 Å². The van der Waals surface area contributed by atoms with E-state index in [-0.39, 0.29) is 56.6 Å². The van der Waals surface area contributed by atoms with Gasteiger partial charge in [0.2, 0.25) is 12.0 Å². The fourth-order valence-corrected chi connectivity index (χ4v) is 6.36. The molecule has 1 amide bonds. The molecule has 0 bridgehead atoms. The average Bonchev–Trinajstić information content (AvgIpc) is 3.27. The van der Waals surface area contributed by atoms with Gasteiger partial charge >= 0.3 is 10.4 Å². The molecule has 1 heterocycles. The lowest BCUT2D eigenvalue weighted by Crippen LogP contribution is -2.60. The first kappa shape index (κ1) is 49.1. The molecule has 1 aliphatic heterocycles. The predicted octanol–water partition coefficient (Wildman–Crippen LogP) is 1.86. The van der Waals surface area contributed by atoms with Crippen LogP contribution in [0.25, 0.3) is 22.6 Å². The lowest BCUT2D eigenvalue weighted by Gasteiger charge is -2.39. The first-order valence-corrected chi connectivity index (χ1v) is 20.1. The van der Waals surface area contributed by atoms with Crippen LogP contribution in [0.15, 0.2) is 53.6 Å². The molecule has 23 heteroatoms. The highest BCUT2D eigenvalue weighted by Gasteiger charge is 2.45. The first-order chi connectivity index (χ1) is 29.9. The van der Waals surface area contributed by atoms with Crippen LogP contribution in [-0.4, -0.2) is 153 Å². The maximum atomic E-state index is 13.6. The van der Waals surface area contributed by atoms with Gasteiger partial charge in [0, 0.05) is 23.6 Å². The van der Waals surface area contributed by atoms with Gasteiger partial charge in [-0.05, 0) is 59.1 Å².